The van der Waals surface area contributed by atoms with Gasteiger partial charge in [0.1, 0.15) is 0 Å². The molecule has 0 radical (unpaired) electrons. The zero-order chi connectivity index (χ0) is 14.8. The molecular formula is C17H23N3S. The van der Waals surface area contributed by atoms with Crippen LogP contribution >= 0.6 is 11.3 Å². The molecule has 0 aliphatic carbocycles. The van der Waals surface area contributed by atoms with Gasteiger partial charge in [-0.05, 0) is 51.8 Å². The second-order valence-corrected chi connectivity index (χ2v) is 7.03. The van der Waals surface area contributed by atoms with Crippen LogP contribution in [0.5, 0.6) is 0 Å². The predicted octanol–water partition coefficient (Wildman–Crippen LogP) is 4.53. The second-order valence-electron chi connectivity index (χ2n) is 5.79. The highest BCUT2D eigenvalue weighted by molar-refractivity contribution is 7.11. The summed E-state index contributed by atoms with van der Waals surface area (Å²) in [7, 11) is 0. The Morgan fingerprint density at radius 2 is 2.00 bits per heavy atom. The van der Waals surface area contributed by atoms with E-state index in [1.165, 1.54) is 42.2 Å². The number of anilines is 2. The lowest BCUT2D eigenvalue weighted by atomic mass is 10.2. The maximum Gasteiger partial charge on any atom is 0.0900 e. The van der Waals surface area contributed by atoms with Gasteiger partial charge in [0.05, 0.1) is 16.7 Å². The normalized spacial score (nSPS) is 16.2. The molecule has 1 unspecified atom stereocenters. The molecule has 112 valence electrons. The number of aryl methyl sites for hydroxylation is 2. The van der Waals surface area contributed by atoms with Crippen molar-refractivity contribution in [2.45, 2.75) is 39.7 Å². The Morgan fingerprint density at radius 3 is 2.67 bits per heavy atom. The van der Waals surface area contributed by atoms with Crippen LogP contribution in [0.25, 0.3) is 0 Å². The number of thiazole rings is 1. The summed E-state index contributed by atoms with van der Waals surface area (Å²) in [6.07, 6.45) is 2.63. The highest BCUT2D eigenvalue weighted by Crippen LogP contribution is 2.29. The van der Waals surface area contributed by atoms with E-state index >= 15 is 0 Å². The van der Waals surface area contributed by atoms with Crippen LogP contribution < -0.4 is 10.2 Å². The molecule has 1 saturated heterocycles. The predicted molar refractivity (Wildman–Crippen MR) is 91.5 cm³/mol. The molecule has 1 fully saturated rings. The largest absolute Gasteiger partial charge is 0.378 e. The van der Waals surface area contributed by atoms with E-state index < -0.39 is 0 Å². The van der Waals surface area contributed by atoms with Crippen molar-refractivity contribution >= 4 is 22.7 Å². The third-order valence-corrected chi connectivity index (χ3v) is 5.29. The minimum atomic E-state index is 0.296. The molecule has 1 aromatic carbocycles. The molecule has 1 N–H and O–H groups in total. The van der Waals surface area contributed by atoms with E-state index in [0.29, 0.717) is 6.04 Å². The first-order valence-electron chi connectivity index (χ1n) is 7.69. The first kappa shape index (κ1) is 14.4. The van der Waals surface area contributed by atoms with Gasteiger partial charge in [0.2, 0.25) is 0 Å². The molecule has 3 nitrogen and oxygen atoms in total. The summed E-state index contributed by atoms with van der Waals surface area (Å²) in [5.74, 6) is 0. The SMILES string of the molecule is Cc1nc(C)c(C(C)Nc2cccc(N3CCCC3)c2)s1. The van der Waals surface area contributed by atoms with Crippen LogP contribution in [0.3, 0.4) is 0 Å². The van der Waals surface area contributed by atoms with Gasteiger partial charge in [-0.15, -0.1) is 11.3 Å². The second kappa shape index (κ2) is 6.06. The van der Waals surface area contributed by atoms with Gasteiger partial charge in [-0.3, -0.25) is 0 Å². The van der Waals surface area contributed by atoms with E-state index in [1.807, 2.05) is 0 Å². The van der Waals surface area contributed by atoms with Gasteiger partial charge in [0.15, 0.2) is 0 Å². The Morgan fingerprint density at radius 1 is 1.24 bits per heavy atom. The van der Waals surface area contributed by atoms with Gasteiger partial charge in [-0.1, -0.05) is 6.07 Å². The molecule has 1 atom stereocenters. The summed E-state index contributed by atoms with van der Waals surface area (Å²) in [6.45, 7) is 8.75. The van der Waals surface area contributed by atoms with Crippen molar-refractivity contribution in [3.63, 3.8) is 0 Å². The maximum absolute atomic E-state index is 4.52. The fourth-order valence-corrected chi connectivity index (χ4v) is 3.96. The Kier molecular flexibility index (Phi) is 4.15. The van der Waals surface area contributed by atoms with Gasteiger partial charge in [-0.25, -0.2) is 4.98 Å². The van der Waals surface area contributed by atoms with Crippen LogP contribution in [0, 0.1) is 13.8 Å². The summed E-state index contributed by atoms with van der Waals surface area (Å²) < 4.78 is 0. The van der Waals surface area contributed by atoms with E-state index in [-0.39, 0.29) is 0 Å². The van der Waals surface area contributed by atoms with Gasteiger partial charge in [0, 0.05) is 29.3 Å². The smallest absolute Gasteiger partial charge is 0.0900 e. The molecule has 0 bridgehead atoms. The molecule has 21 heavy (non-hydrogen) atoms. The minimum absolute atomic E-state index is 0.296. The molecule has 1 aromatic heterocycles. The Balaban J connectivity index is 1.75. The molecule has 4 heteroatoms. The van der Waals surface area contributed by atoms with Crippen molar-refractivity contribution in [3.05, 3.63) is 39.8 Å². The van der Waals surface area contributed by atoms with Crippen LogP contribution in [0.1, 0.15) is 41.4 Å². The third kappa shape index (κ3) is 3.21. The van der Waals surface area contributed by atoms with Gasteiger partial charge < -0.3 is 10.2 Å². The number of hydrogen-bond donors (Lipinski definition) is 1. The third-order valence-electron chi connectivity index (χ3n) is 4.03. The van der Waals surface area contributed by atoms with Crippen molar-refractivity contribution in [2.24, 2.45) is 0 Å². The maximum atomic E-state index is 4.52. The van der Waals surface area contributed by atoms with Gasteiger partial charge in [-0.2, -0.15) is 0 Å². The lowest BCUT2D eigenvalue weighted by molar-refractivity contribution is 0.888. The Labute approximate surface area is 131 Å². The summed E-state index contributed by atoms with van der Waals surface area (Å²) in [6, 6.07) is 9.08. The van der Waals surface area contributed by atoms with Crippen LogP contribution in [0.4, 0.5) is 11.4 Å². The van der Waals surface area contributed by atoms with Gasteiger partial charge in [0.25, 0.3) is 0 Å². The Bertz CT molecular complexity index is 614. The molecule has 2 aromatic rings. The van der Waals surface area contributed by atoms with Crippen LogP contribution in [-0.2, 0) is 0 Å². The van der Waals surface area contributed by atoms with Crippen molar-refractivity contribution in [3.8, 4) is 0 Å². The summed E-state index contributed by atoms with van der Waals surface area (Å²) >= 11 is 1.79. The topological polar surface area (TPSA) is 28.2 Å². The number of benzene rings is 1. The van der Waals surface area contributed by atoms with Crippen molar-refractivity contribution in [1.29, 1.82) is 0 Å². The van der Waals surface area contributed by atoms with Gasteiger partial charge >= 0.3 is 0 Å². The fraction of sp³-hybridized carbons (Fsp3) is 0.471. The van der Waals surface area contributed by atoms with E-state index in [0.717, 1.165) is 10.7 Å². The van der Waals surface area contributed by atoms with Crippen molar-refractivity contribution in [2.75, 3.05) is 23.3 Å². The molecule has 0 saturated carbocycles. The number of aromatic nitrogens is 1. The molecule has 0 spiro atoms. The quantitative estimate of drug-likeness (QED) is 0.899. The van der Waals surface area contributed by atoms with E-state index in [4.69, 9.17) is 0 Å². The van der Waals surface area contributed by atoms with Crippen LogP contribution in [-0.4, -0.2) is 18.1 Å². The number of nitrogens with zero attached hydrogens (tertiary/aromatic N) is 2. The highest BCUT2D eigenvalue weighted by Gasteiger charge is 2.15. The molecule has 1 aliphatic rings. The summed E-state index contributed by atoms with van der Waals surface area (Å²) in [5, 5.41) is 4.76. The molecule has 0 amide bonds. The lowest BCUT2D eigenvalue weighted by Gasteiger charge is -2.20. The van der Waals surface area contributed by atoms with Crippen LogP contribution in [0.2, 0.25) is 0 Å². The molecular weight excluding hydrogens is 278 g/mol. The monoisotopic (exact) mass is 301 g/mol. The fourth-order valence-electron chi connectivity index (χ4n) is 3.03. The van der Waals surface area contributed by atoms with Crippen molar-refractivity contribution in [1.82, 2.24) is 4.98 Å². The lowest BCUT2D eigenvalue weighted by Crippen LogP contribution is -2.17. The molecule has 3 rings (SSSR count). The summed E-state index contributed by atoms with van der Waals surface area (Å²) in [4.78, 5) is 8.33. The minimum Gasteiger partial charge on any atom is -0.378 e. The molecule has 1 aliphatic heterocycles. The highest BCUT2D eigenvalue weighted by atomic mass is 32.1. The first-order chi connectivity index (χ1) is 10.1. The molecule has 2 heterocycles. The van der Waals surface area contributed by atoms with Crippen LogP contribution in [0.15, 0.2) is 24.3 Å². The van der Waals surface area contributed by atoms with Crippen molar-refractivity contribution < 1.29 is 0 Å². The first-order valence-corrected chi connectivity index (χ1v) is 8.50. The summed E-state index contributed by atoms with van der Waals surface area (Å²) in [5.41, 5.74) is 3.67. The average Bonchev–Trinajstić information content (AvgIpc) is 3.08. The zero-order valence-corrected chi connectivity index (χ0v) is 13.8. The van der Waals surface area contributed by atoms with E-state index in [2.05, 4.69) is 60.2 Å². The zero-order valence-electron chi connectivity index (χ0n) is 13.0. The average molecular weight is 301 g/mol. The number of hydrogen-bond acceptors (Lipinski definition) is 4. The number of nitrogens with one attached hydrogen (secondary N) is 1. The van der Waals surface area contributed by atoms with E-state index in [1.54, 1.807) is 11.3 Å². The standard InChI is InChI=1S/C17H23N3S/c1-12-17(21-14(3)18-12)13(2)19-15-7-6-8-16(11-15)20-9-4-5-10-20/h6-8,11,13,19H,4-5,9-10H2,1-3H3. The van der Waals surface area contributed by atoms with E-state index in [9.17, 15) is 0 Å². The Hall–Kier alpha value is -1.55. The number of rotatable bonds is 4.